The van der Waals surface area contributed by atoms with Crippen molar-refractivity contribution in [3.8, 4) is 0 Å². The maximum atomic E-state index is 12.4. The Morgan fingerprint density at radius 3 is 2.73 bits per heavy atom. The molecule has 1 fully saturated rings. The molecule has 1 amide bonds. The van der Waals surface area contributed by atoms with Crippen molar-refractivity contribution in [3.05, 3.63) is 34.9 Å². The second kappa shape index (κ2) is 7.98. The van der Waals surface area contributed by atoms with Crippen LogP contribution in [0.4, 0.5) is 0 Å². The summed E-state index contributed by atoms with van der Waals surface area (Å²) in [4.78, 5) is 12.4. The monoisotopic (exact) mass is 324 g/mol. The molecule has 1 aliphatic carbocycles. The standard InChI is InChI=1S/C18H28N2O.ClH/c1-13-7-8-15(14(2)12-13)9-11-20-17(21)16-6-4-5-10-18(16,3)19;/h7-8,12,16H,4-6,9-11,19H2,1-3H3,(H,20,21);1H. The van der Waals surface area contributed by atoms with Crippen LogP contribution in [-0.4, -0.2) is 18.0 Å². The molecule has 0 heterocycles. The quantitative estimate of drug-likeness (QED) is 0.893. The summed E-state index contributed by atoms with van der Waals surface area (Å²) in [5, 5.41) is 3.08. The van der Waals surface area contributed by atoms with Gasteiger partial charge < -0.3 is 11.1 Å². The third kappa shape index (κ3) is 4.72. The highest BCUT2D eigenvalue weighted by Gasteiger charge is 2.37. The predicted octanol–water partition coefficient (Wildman–Crippen LogP) is 3.29. The Labute approximate surface area is 140 Å². The fourth-order valence-electron chi connectivity index (χ4n) is 3.36. The number of rotatable bonds is 4. The molecule has 0 aliphatic heterocycles. The Morgan fingerprint density at radius 2 is 2.09 bits per heavy atom. The van der Waals surface area contributed by atoms with Gasteiger partial charge in [0.25, 0.3) is 0 Å². The maximum absolute atomic E-state index is 12.4. The number of halogens is 1. The molecule has 0 radical (unpaired) electrons. The average molecular weight is 325 g/mol. The van der Waals surface area contributed by atoms with Gasteiger partial charge in [0.1, 0.15) is 0 Å². The van der Waals surface area contributed by atoms with Crippen molar-refractivity contribution >= 4 is 18.3 Å². The van der Waals surface area contributed by atoms with Crippen LogP contribution in [0.5, 0.6) is 0 Å². The fraction of sp³-hybridized carbons (Fsp3) is 0.611. The van der Waals surface area contributed by atoms with Gasteiger partial charge in [-0.05, 0) is 51.2 Å². The van der Waals surface area contributed by atoms with Crippen molar-refractivity contribution in [1.82, 2.24) is 5.32 Å². The molecule has 2 atom stereocenters. The van der Waals surface area contributed by atoms with Gasteiger partial charge in [0.2, 0.25) is 5.91 Å². The first kappa shape index (κ1) is 19.0. The van der Waals surface area contributed by atoms with E-state index in [9.17, 15) is 4.79 Å². The summed E-state index contributed by atoms with van der Waals surface area (Å²) in [7, 11) is 0. The van der Waals surface area contributed by atoms with Crippen LogP contribution in [0.25, 0.3) is 0 Å². The number of benzene rings is 1. The molecule has 2 unspecified atom stereocenters. The summed E-state index contributed by atoms with van der Waals surface area (Å²) in [5.74, 6) is 0.0924. The zero-order chi connectivity index (χ0) is 15.5. The molecule has 1 aromatic carbocycles. The minimum Gasteiger partial charge on any atom is -0.355 e. The largest absolute Gasteiger partial charge is 0.355 e. The zero-order valence-electron chi connectivity index (χ0n) is 13.9. The summed E-state index contributed by atoms with van der Waals surface area (Å²) >= 11 is 0. The van der Waals surface area contributed by atoms with Gasteiger partial charge in [-0.25, -0.2) is 0 Å². The van der Waals surface area contributed by atoms with Crippen molar-refractivity contribution in [2.24, 2.45) is 11.7 Å². The van der Waals surface area contributed by atoms with Crippen LogP contribution in [0.2, 0.25) is 0 Å². The number of aryl methyl sites for hydroxylation is 2. The molecule has 0 aromatic heterocycles. The van der Waals surface area contributed by atoms with Gasteiger partial charge in [-0.2, -0.15) is 0 Å². The first-order valence-electron chi connectivity index (χ1n) is 8.03. The molecule has 0 spiro atoms. The first-order chi connectivity index (χ1) is 9.90. The molecule has 1 aliphatic rings. The molecule has 124 valence electrons. The van der Waals surface area contributed by atoms with Crippen molar-refractivity contribution in [2.45, 2.75) is 58.4 Å². The third-order valence-electron chi connectivity index (χ3n) is 4.76. The van der Waals surface area contributed by atoms with Crippen molar-refractivity contribution in [2.75, 3.05) is 6.54 Å². The molecule has 0 saturated heterocycles. The Morgan fingerprint density at radius 1 is 1.36 bits per heavy atom. The minimum absolute atomic E-state index is 0. The molecule has 1 aromatic rings. The van der Waals surface area contributed by atoms with Crippen LogP contribution in [0.15, 0.2) is 18.2 Å². The number of carbonyl (C=O) groups is 1. The van der Waals surface area contributed by atoms with Crippen LogP contribution in [0, 0.1) is 19.8 Å². The number of carbonyl (C=O) groups excluding carboxylic acids is 1. The second-order valence-corrected chi connectivity index (χ2v) is 6.78. The minimum atomic E-state index is -0.345. The number of hydrogen-bond acceptors (Lipinski definition) is 2. The number of nitrogens with one attached hydrogen (secondary N) is 1. The number of amides is 1. The van der Waals surface area contributed by atoms with E-state index in [4.69, 9.17) is 5.73 Å². The molecule has 22 heavy (non-hydrogen) atoms. The van der Waals surface area contributed by atoms with Crippen molar-refractivity contribution < 1.29 is 4.79 Å². The summed E-state index contributed by atoms with van der Waals surface area (Å²) < 4.78 is 0. The lowest BCUT2D eigenvalue weighted by atomic mass is 9.74. The topological polar surface area (TPSA) is 55.1 Å². The van der Waals surface area contributed by atoms with Crippen LogP contribution in [-0.2, 0) is 11.2 Å². The van der Waals surface area contributed by atoms with Gasteiger partial charge in [0.15, 0.2) is 0 Å². The van der Waals surface area contributed by atoms with Gasteiger partial charge in [0, 0.05) is 12.1 Å². The summed E-state index contributed by atoms with van der Waals surface area (Å²) in [6.45, 7) is 6.93. The van der Waals surface area contributed by atoms with Crippen LogP contribution in [0.1, 0.15) is 49.3 Å². The SMILES string of the molecule is Cc1ccc(CCNC(=O)C2CCCCC2(C)N)c(C)c1.Cl. The Balaban J connectivity index is 0.00000242. The van der Waals surface area contributed by atoms with E-state index >= 15 is 0 Å². The molecule has 0 bridgehead atoms. The van der Waals surface area contributed by atoms with E-state index < -0.39 is 0 Å². The predicted molar refractivity (Wildman–Crippen MR) is 94.4 cm³/mol. The van der Waals surface area contributed by atoms with Gasteiger partial charge in [-0.15, -0.1) is 12.4 Å². The third-order valence-corrected chi connectivity index (χ3v) is 4.76. The Kier molecular flexibility index (Phi) is 6.89. The van der Waals surface area contributed by atoms with E-state index in [1.54, 1.807) is 0 Å². The Hall–Kier alpha value is -1.06. The first-order valence-corrected chi connectivity index (χ1v) is 8.03. The van der Waals surface area contributed by atoms with Gasteiger partial charge >= 0.3 is 0 Å². The van der Waals surface area contributed by atoms with E-state index in [0.717, 1.165) is 32.1 Å². The van der Waals surface area contributed by atoms with Gasteiger partial charge in [-0.3, -0.25) is 4.79 Å². The Bertz CT molecular complexity index is 514. The highest BCUT2D eigenvalue weighted by Crippen LogP contribution is 2.31. The number of hydrogen-bond donors (Lipinski definition) is 2. The molecule has 4 heteroatoms. The van der Waals surface area contributed by atoms with Crippen LogP contribution in [0.3, 0.4) is 0 Å². The lowest BCUT2D eigenvalue weighted by molar-refractivity contribution is -0.128. The number of nitrogens with two attached hydrogens (primary N) is 1. The lowest BCUT2D eigenvalue weighted by Crippen LogP contribution is -2.53. The van der Waals surface area contributed by atoms with Crippen molar-refractivity contribution in [3.63, 3.8) is 0 Å². The smallest absolute Gasteiger partial charge is 0.224 e. The molecule has 3 N–H and O–H groups in total. The summed E-state index contributed by atoms with van der Waals surface area (Å²) in [6.07, 6.45) is 5.00. The normalized spacial score (nSPS) is 24.5. The highest BCUT2D eigenvalue weighted by atomic mass is 35.5. The maximum Gasteiger partial charge on any atom is 0.224 e. The molecule has 1 saturated carbocycles. The molecule has 3 nitrogen and oxygen atoms in total. The van der Waals surface area contributed by atoms with E-state index in [0.29, 0.717) is 6.54 Å². The zero-order valence-corrected chi connectivity index (χ0v) is 14.8. The second-order valence-electron chi connectivity index (χ2n) is 6.78. The van der Waals surface area contributed by atoms with Crippen molar-refractivity contribution in [1.29, 1.82) is 0 Å². The molecular weight excluding hydrogens is 296 g/mol. The van der Waals surface area contributed by atoms with Crippen LogP contribution < -0.4 is 11.1 Å². The molecule has 2 rings (SSSR count). The highest BCUT2D eigenvalue weighted by molar-refractivity contribution is 5.85. The fourth-order valence-corrected chi connectivity index (χ4v) is 3.36. The van der Waals surface area contributed by atoms with Gasteiger partial charge in [0.05, 0.1) is 5.92 Å². The van der Waals surface area contributed by atoms with E-state index in [-0.39, 0.29) is 29.8 Å². The average Bonchev–Trinajstić information content (AvgIpc) is 2.40. The van der Waals surface area contributed by atoms with Crippen LogP contribution >= 0.6 is 12.4 Å². The van der Waals surface area contributed by atoms with E-state index in [1.807, 2.05) is 6.92 Å². The molecular formula is C18H29ClN2O. The summed E-state index contributed by atoms with van der Waals surface area (Å²) in [6, 6.07) is 6.47. The summed E-state index contributed by atoms with van der Waals surface area (Å²) in [5.41, 5.74) is 9.82. The lowest BCUT2D eigenvalue weighted by Gasteiger charge is -2.37. The van der Waals surface area contributed by atoms with E-state index in [1.165, 1.54) is 16.7 Å². The van der Waals surface area contributed by atoms with Gasteiger partial charge in [-0.1, -0.05) is 36.6 Å². The van der Waals surface area contributed by atoms with E-state index in [2.05, 4.69) is 37.4 Å².